The topological polar surface area (TPSA) is 50.8 Å². The summed E-state index contributed by atoms with van der Waals surface area (Å²) in [6, 6.07) is 2.30. The highest BCUT2D eigenvalue weighted by Crippen LogP contribution is 2.37. The molecule has 0 saturated carbocycles. The second-order valence-corrected chi connectivity index (χ2v) is 5.85. The normalized spacial score (nSPS) is 18.2. The summed E-state index contributed by atoms with van der Waals surface area (Å²) < 4.78 is 48.8. The van der Waals surface area contributed by atoms with Gasteiger partial charge in [0.05, 0.1) is 30.8 Å². The van der Waals surface area contributed by atoms with E-state index in [0.717, 1.165) is 4.90 Å². The van der Waals surface area contributed by atoms with Gasteiger partial charge >= 0.3 is 12.2 Å². The van der Waals surface area contributed by atoms with Crippen molar-refractivity contribution in [1.82, 2.24) is 4.90 Å². The quantitative estimate of drug-likeness (QED) is 0.873. The van der Waals surface area contributed by atoms with Crippen LogP contribution < -0.4 is 14.8 Å². The number of anilines is 1. The number of amides is 2. The highest BCUT2D eigenvalue weighted by molar-refractivity contribution is 6.32. The molecule has 24 heavy (non-hydrogen) atoms. The minimum absolute atomic E-state index is 0.0327. The van der Waals surface area contributed by atoms with Crippen LogP contribution in [0, 0.1) is 5.92 Å². The van der Waals surface area contributed by atoms with E-state index in [1.807, 2.05) is 0 Å². The largest absolute Gasteiger partial charge is 0.495 e. The smallest absolute Gasteiger partial charge is 0.393 e. The standard InChI is InChI=1S/C15H18ClF3N2O3/c1-23-12-7-13(24-2)11(6-10(12)16)20-14(22)21-5-3-4-9(8-21)15(17,18)19/h6-7,9H,3-5,8H2,1-2H3,(H,20,22)/t9-/m0/s1. The van der Waals surface area contributed by atoms with Gasteiger partial charge in [-0.3, -0.25) is 0 Å². The lowest BCUT2D eigenvalue weighted by atomic mass is 9.98. The van der Waals surface area contributed by atoms with Gasteiger partial charge in [0.15, 0.2) is 0 Å². The molecule has 134 valence electrons. The Labute approximate surface area is 142 Å². The van der Waals surface area contributed by atoms with Crippen LogP contribution in [0.4, 0.5) is 23.7 Å². The molecule has 1 atom stereocenters. The zero-order valence-electron chi connectivity index (χ0n) is 13.2. The number of nitrogens with one attached hydrogen (secondary N) is 1. The van der Waals surface area contributed by atoms with Crippen LogP contribution in [0.15, 0.2) is 12.1 Å². The molecule has 2 amide bonds. The fraction of sp³-hybridized carbons (Fsp3) is 0.533. The zero-order chi connectivity index (χ0) is 17.9. The molecule has 1 saturated heterocycles. The molecule has 0 bridgehead atoms. The molecule has 1 aliphatic heterocycles. The predicted molar refractivity (Wildman–Crippen MR) is 83.9 cm³/mol. The summed E-state index contributed by atoms with van der Waals surface area (Å²) in [5.41, 5.74) is 0.266. The summed E-state index contributed by atoms with van der Waals surface area (Å²) in [7, 11) is 2.84. The monoisotopic (exact) mass is 366 g/mol. The van der Waals surface area contributed by atoms with Crippen molar-refractivity contribution in [3.05, 3.63) is 17.2 Å². The van der Waals surface area contributed by atoms with Crippen LogP contribution in [-0.2, 0) is 0 Å². The molecule has 1 aromatic carbocycles. The van der Waals surface area contributed by atoms with Gasteiger partial charge in [0.2, 0.25) is 0 Å². The van der Waals surface area contributed by atoms with Crippen molar-refractivity contribution < 1.29 is 27.4 Å². The van der Waals surface area contributed by atoms with Gasteiger partial charge in [-0.15, -0.1) is 0 Å². The van der Waals surface area contributed by atoms with E-state index in [9.17, 15) is 18.0 Å². The summed E-state index contributed by atoms with van der Waals surface area (Å²) >= 11 is 6.02. The van der Waals surface area contributed by atoms with Crippen molar-refractivity contribution in [1.29, 1.82) is 0 Å². The molecule has 1 aromatic rings. The Morgan fingerprint density at radius 1 is 1.29 bits per heavy atom. The fourth-order valence-corrected chi connectivity index (χ4v) is 2.82. The lowest BCUT2D eigenvalue weighted by Crippen LogP contribution is -2.46. The van der Waals surface area contributed by atoms with Crippen LogP contribution in [0.25, 0.3) is 0 Å². The third-order valence-corrected chi connectivity index (χ3v) is 4.18. The lowest BCUT2D eigenvalue weighted by molar-refractivity contribution is -0.183. The number of hydrogen-bond donors (Lipinski definition) is 1. The Bertz CT molecular complexity index is 610. The average Bonchev–Trinajstić information content (AvgIpc) is 2.54. The van der Waals surface area contributed by atoms with Crippen LogP contribution >= 0.6 is 11.6 Å². The van der Waals surface area contributed by atoms with Gasteiger partial charge < -0.3 is 19.7 Å². The molecule has 0 spiro atoms. The van der Waals surface area contributed by atoms with Gasteiger partial charge in [0.25, 0.3) is 0 Å². The van der Waals surface area contributed by atoms with Gasteiger partial charge in [-0.25, -0.2) is 4.79 Å². The van der Waals surface area contributed by atoms with Crippen molar-refractivity contribution in [2.24, 2.45) is 5.92 Å². The number of rotatable bonds is 3. The molecule has 0 radical (unpaired) electrons. The highest BCUT2D eigenvalue weighted by atomic mass is 35.5. The molecule has 0 aliphatic carbocycles. The number of alkyl halides is 3. The summed E-state index contributed by atoms with van der Waals surface area (Å²) in [6.07, 6.45) is -3.97. The van der Waals surface area contributed by atoms with Crippen LogP contribution in [0.3, 0.4) is 0 Å². The molecule has 9 heteroatoms. The van der Waals surface area contributed by atoms with Crippen molar-refractivity contribution in [3.63, 3.8) is 0 Å². The number of urea groups is 1. The van der Waals surface area contributed by atoms with Gasteiger partial charge in [-0.2, -0.15) is 13.2 Å². The third kappa shape index (κ3) is 4.17. The van der Waals surface area contributed by atoms with Crippen LogP contribution in [0.1, 0.15) is 12.8 Å². The third-order valence-electron chi connectivity index (χ3n) is 3.89. The first-order valence-electron chi connectivity index (χ1n) is 7.30. The van der Waals surface area contributed by atoms with E-state index < -0.39 is 18.1 Å². The van der Waals surface area contributed by atoms with Crippen LogP contribution in [-0.4, -0.2) is 44.4 Å². The summed E-state index contributed by atoms with van der Waals surface area (Å²) in [5.74, 6) is -0.839. The molecular formula is C15H18ClF3N2O3. The average molecular weight is 367 g/mol. The predicted octanol–water partition coefficient (Wildman–Crippen LogP) is 4.16. The van der Waals surface area contributed by atoms with E-state index in [2.05, 4.69) is 5.32 Å². The van der Waals surface area contributed by atoms with E-state index in [0.29, 0.717) is 17.9 Å². The number of hydrogen-bond acceptors (Lipinski definition) is 3. The second-order valence-electron chi connectivity index (χ2n) is 5.44. The lowest BCUT2D eigenvalue weighted by Gasteiger charge is -2.33. The SMILES string of the molecule is COc1cc(OC)c(NC(=O)N2CCC[C@H](C(F)(F)F)C2)cc1Cl. The first-order valence-corrected chi connectivity index (χ1v) is 7.68. The molecule has 5 nitrogen and oxygen atoms in total. The minimum atomic E-state index is -4.31. The maximum absolute atomic E-state index is 12.9. The van der Waals surface area contributed by atoms with Gasteiger partial charge in [-0.05, 0) is 18.9 Å². The highest BCUT2D eigenvalue weighted by Gasteiger charge is 2.42. The van der Waals surface area contributed by atoms with E-state index in [4.69, 9.17) is 21.1 Å². The Balaban J connectivity index is 2.13. The maximum atomic E-state index is 12.9. The minimum Gasteiger partial charge on any atom is -0.495 e. The number of ether oxygens (including phenoxy) is 2. The van der Waals surface area contributed by atoms with Gasteiger partial charge in [-0.1, -0.05) is 11.6 Å². The van der Waals surface area contributed by atoms with E-state index in [-0.39, 0.29) is 30.2 Å². The first-order chi connectivity index (χ1) is 11.3. The molecule has 1 fully saturated rings. The summed E-state index contributed by atoms with van der Waals surface area (Å²) in [6.45, 7) is -0.0911. The number of benzene rings is 1. The number of methoxy groups -OCH3 is 2. The molecule has 2 rings (SSSR count). The maximum Gasteiger partial charge on any atom is 0.393 e. The Morgan fingerprint density at radius 2 is 1.96 bits per heavy atom. The number of carbonyl (C=O) groups is 1. The van der Waals surface area contributed by atoms with Crippen molar-refractivity contribution in [2.45, 2.75) is 19.0 Å². The molecular weight excluding hydrogens is 349 g/mol. The Morgan fingerprint density at radius 3 is 2.54 bits per heavy atom. The first kappa shape index (κ1) is 18.5. The number of carbonyl (C=O) groups excluding carboxylic acids is 1. The zero-order valence-corrected chi connectivity index (χ0v) is 14.0. The number of piperidine rings is 1. The van der Waals surface area contributed by atoms with Crippen LogP contribution in [0.2, 0.25) is 5.02 Å². The van der Waals surface area contributed by atoms with Crippen molar-refractivity contribution in [2.75, 3.05) is 32.6 Å². The van der Waals surface area contributed by atoms with E-state index in [1.165, 1.54) is 26.4 Å². The number of halogens is 4. The Hall–Kier alpha value is -1.83. The Kier molecular flexibility index (Phi) is 5.69. The fourth-order valence-electron chi connectivity index (χ4n) is 2.58. The van der Waals surface area contributed by atoms with Crippen LogP contribution in [0.5, 0.6) is 11.5 Å². The van der Waals surface area contributed by atoms with Gasteiger partial charge in [0.1, 0.15) is 11.5 Å². The second kappa shape index (κ2) is 7.38. The van der Waals surface area contributed by atoms with Crippen molar-refractivity contribution in [3.8, 4) is 11.5 Å². The molecule has 0 aromatic heterocycles. The van der Waals surface area contributed by atoms with E-state index >= 15 is 0 Å². The molecule has 1 aliphatic rings. The molecule has 1 heterocycles. The number of nitrogens with zero attached hydrogens (tertiary/aromatic N) is 1. The summed E-state index contributed by atoms with van der Waals surface area (Å²) in [4.78, 5) is 13.4. The summed E-state index contributed by atoms with van der Waals surface area (Å²) in [5, 5.41) is 2.80. The van der Waals surface area contributed by atoms with Gasteiger partial charge in [0, 0.05) is 19.2 Å². The number of likely N-dealkylation sites (tertiary alicyclic amines) is 1. The van der Waals surface area contributed by atoms with Crippen molar-refractivity contribution >= 4 is 23.3 Å². The molecule has 1 N–H and O–H groups in total. The van der Waals surface area contributed by atoms with E-state index in [1.54, 1.807) is 0 Å². The molecule has 0 unspecified atom stereocenters.